The predicted molar refractivity (Wildman–Crippen MR) is 67.5 cm³/mol. The van der Waals surface area contributed by atoms with E-state index >= 15 is 0 Å². The molecule has 0 radical (unpaired) electrons. The molecule has 1 heterocycles. The molecule has 86 valence electrons. The zero-order valence-corrected chi connectivity index (χ0v) is 10.3. The molecule has 0 atom stereocenters. The number of nitrogens with one attached hydrogen (secondary N) is 2. The lowest BCUT2D eigenvalue weighted by Crippen LogP contribution is -2.27. The molecule has 1 aromatic rings. The molecule has 0 fully saturated rings. The van der Waals surface area contributed by atoms with Gasteiger partial charge >= 0.3 is 0 Å². The van der Waals surface area contributed by atoms with Gasteiger partial charge in [0, 0.05) is 24.4 Å². The Morgan fingerprint density at radius 2 is 2.38 bits per heavy atom. The molecule has 0 aliphatic heterocycles. The molecule has 2 N–H and O–H groups in total. The van der Waals surface area contributed by atoms with Crippen molar-refractivity contribution in [3.05, 3.63) is 21.3 Å². The Morgan fingerprint density at radius 1 is 1.56 bits per heavy atom. The first-order valence-electron chi connectivity index (χ1n) is 4.87. The van der Waals surface area contributed by atoms with Crippen molar-refractivity contribution < 1.29 is 4.79 Å². The van der Waals surface area contributed by atoms with Gasteiger partial charge in [-0.05, 0) is 12.1 Å². The Bertz CT molecular complexity index is 384. The molecule has 0 spiro atoms. The SMILES string of the molecule is C#CCNC(=O)CCNCc1ccc(Cl)s1. The van der Waals surface area contributed by atoms with E-state index in [1.165, 1.54) is 11.3 Å². The van der Waals surface area contributed by atoms with Crippen LogP contribution in [0.5, 0.6) is 0 Å². The molecule has 0 bridgehead atoms. The van der Waals surface area contributed by atoms with Crippen molar-refractivity contribution in [1.82, 2.24) is 10.6 Å². The standard InChI is InChI=1S/C11H13ClN2OS/c1-2-6-14-11(15)5-7-13-8-9-3-4-10(12)16-9/h1,3-4,13H,5-8H2,(H,14,15). The van der Waals surface area contributed by atoms with Gasteiger partial charge in [0.15, 0.2) is 0 Å². The first-order chi connectivity index (χ1) is 7.72. The molecular formula is C11H13ClN2OS. The maximum atomic E-state index is 11.2. The lowest BCUT2D eigenvalue weighted by atomic mass is 10.4. The van der Waals surface area contributed by atoms with Gasteiger partial charge in [0.05, 0.1) is 10.9 Å². The molecular weight excluding hydrogens is 244 g/mol. The molecule has 0 aliphatic carbocycles. The van der Waals surface area contributed by atoms with E-state index in [2.05, 4.69) is 16.6 Å². The van der Waals surface area contributed by atoms with Crippen LogP contribution >= 0.6 is 22.9 Å². The molecule has 0 aliphatic rings. The first kappa shape index (κ1) is 13.0. The van der Waals surface area contributed by atoms with Gasteiger partial charge in [-0.15, -0.1) is 17.8 Å². The van der Waals surface area contributed by atoms with E-state index in [-0.39, 0.29) is 5.91 Å². The number of halogens is 1. The second-order valence-corrected chi connectivity index (χ2v) is 4.91. The summed E-state index contributed by atoms with van der Waals surface area (Å²) in [5.74, 6) is 2.32. The van der Waals surface area contributed by atoms with Crippen LogP contribution in [-0.4, -0.2) is 19.0 Å². The second kappa shape index (κ2) is 7.29. The Balaban J connectivity index is 2.08. The molecule has 1 rings (SSSR count). The highest BCUT2D eigenvalue weighted by Gasteiger charge is 2.00. The number of carbonyl (C=O) groups is 1. The van der Waals surface area contributed by atoms with E-state index in [9.17, 15) is 4.79 Å². The molecule has 1 aromatic heterocycles. The number of hydrogen-bond acceptors (Lipinski definition) is 3. The van der Waals surface area contributed by atoms with E-state index in [1.54, 1.807) is 0 Å². The normalized spacial score (nSPS) is 9.75. The fourth-order valence-corrected chi connectivity index (χ4v) is 2.16. The van der Waals surface area contributed by atoms with Crippen LogP contribution in [0.1, 0.15) is 11.3 Å². The zero-order valence-electron chi connectivity index (χ0n) is 8.75. The van der Waals surface area contributed by atoms with Crippen LogP contribution < -0.4 is 10.6 Å². The Hall–Kier alpha value is -1.02. The molecule has 1 amide bonds. The lowest BCUT2D eigenvalue weighted by Gasteiger charge is -2.03. The topological polar surface area (TPSA) is 41.1 Å². The fourth-order valence-electron chi connectivity index (χ4n) is 1.10. The first-order valence-corrected chi connectivity index (χ1v) is 6.07. The average molecular weight is 257 g/mol. The van der Waals surface area contributed by atoms with Gasteiger partial charge < -0.3 is 10.6 Å². The smallest absolute Gasteiger partial charge is 0.222 e. The molecule has 3 nitrogen and oxygen atoms in total. The van der Waals surface area contributed by atoms with Crippen molar-refractivity contribution in [2.75, 3.05) is 13.1 Å². The van der Waals surface area contributed by atoms with Gasteiger partial charge in [-0.25, -0.2) is 0 Å². The summed E-state index contributed by atoms with van der Waals surface area (Å²) in [6.07, 6.45) is 5.45. The minimum Gasteiger partial charge on any atom is -0.345 e. The third-order valence-electron chi connectivity index (χ3n) is 1.84. The highest BCUT2D eigenvalue weighted by Crippen LogP contribution is 2.20. The van der Waals surface area contributed by atoms with Crippen LogP contribution in [0, 0.1) is 12.3 Å². The van der Waals surface area contributed by atoms with Gasteiger partial charge in [0.1, 0.15) is 0 Å². The van der Waals surface area contributed by atoms with Crippen molar-refractivity contribution in [3.8, 4) is 12.3 Å². The largest absolute Gasteiger partial charge is 0.345 e. The molecule has 0 saturated heterocycles. The van der Waals surface area contributed by atoms with E-state index < -0.39 is 0 Å². The Kier molecular flexibility index (Phi) is 5.94. The van der Waals surface area contributed by atoms with Crippen molar-refractivity contribution in [2.45, 2.75) is 13.0 Å². The minimum atomic E-state index is -0.0327. The van der Waals surface area contributed by atoms with Crippen molar-refractivity contribution >= 4 is 28.8 Å². The summed E-state index contributed by atoms with van der Waals surface area (Å²) in [6, 6.07) is 3.83. The number of terminal acetylenes is 1. The molecule has 0 saturated carbocycles. The van der Waals surface area contributed by atoms with E-state index in [0.29, 0.717) is 19.5 Å². The predicted octanol–water partition coefficient (Wildman–Crippen LogP) is 1.63. The van der Waals surface area contributed by atoms with Crippen molar-refractivity contribution in [1.29, 1.82) is 0 Å². The number of amides is 1. The molecule has 16 heavy (non-hydrogen) atoms. The van der Waals surface area contributed by atoms with Gasteiger partial charge in [-0.1, -0.05) is 17.5 Å². The maximum Gasteiger partial charge on any atom is 0.222 e. The summed E-state index contributed by atoms with van der Waals surface area (Å²) in [7, 11) is 0. The Morgan fingerprint density at radius 3 is 3.00 bits per heavy atom. The summed E-state index contributed by atoms with van der Waals surface area (Å²) in [4.78, 5) is 12.3. The van der Waals surface area contributed by atoms with E-state index in [4.69, 9.17) is 18.0 Å². The van der Waals surface area contributed by atoms with Gasteiger partial charge in [-0.3, -0.25) is 4.79 Å². The highest BCUT2D eigenvalue weighted by atomic mass is 35.5. The van der Waals surface area contributed by atoms with Crippen LogP contribution in [-0.2, 0) is 11.3 Å². The monoisotopic (exact) mass is 256 g/mol. The lowest BCUT2D eigenvalue weighted by molar-refractivity contribution is -0.120. The van der Waals surface area contributed by atoms with Crippen LogP contribution in [0.2, 0.25) is 4.34 Å². The second-order valence-electron chi connectivity index (χ2n) is 3.11. The fraction of sp³-hybridized carbons (Fsp3) is 0.364. The van der Waals surface area contributed by atoms with E-state index in [0.717, 1.165) is 15.8 Å². The van der Waals surface area contributed by atoms with Gasteiger partial charge in [-0.2, -0.15) is 0 Å². The third-order valence-corrected chi connectivity index (χ3v) is 3.08. The van der Waals surface area contributed by atoms with Gasteiger partial charge in [0.25, 0.3) is 0 Å². The van der Waals surface area contributed by atoms with Crippen molar-refractivity contribution in [3.63, 3.8) is 0 Å². The summed E-state index contributed by atoms with van der Waals surface area (Å²) >= 11 is 7.33. The highest BCUT2D eigenvalue weighted by molar-refractivity contribution is 7.16. The number of hydrogen-bond donors (Lipinski definition) is 2. The van der Waals surface area contributed by atoms with Crippen molar-refractivity contribution in [2.24, 2.45) is 0 Å². The molecule has 0 unspecified atom stereocenters. The number of carbonyl (C=O) groups excluding carboxylic acids is 1. The van der Waals surface area contributed by atoms with Crippen LogP contribution in [0.4, 0.5) is 0 Å². The number of thiophene rings is 1. The van der Waals surface area contributed by atoms with Crippen LogP contribution in [0.25, 0.3) is 0 Å². The average Bonchev–Trinajstić information content (AvgIpc) is 2.67. The third kappa shape index (κ3) is 5.17. The van der Waals surface area contributed by atoms with E-state index in [1.807, 2.05) is 12.1 Å². The summed E-state index contributed by atoms with van der Waals surface area (Å²) < 4.78 is 0.781. The quantitative estimate of drug-likeness (QED) is 0.600. The summed E-state index contributed by atoms with van der Waals surface area (Å²) in [5.41, 5.74) is 0. The summed E-state index contributed by atoms with van der Waals surface area (Å²) in [6.45, 7) is 1.66. The number of rotatable bonds is 6. The van der Waals surface area contributed by atoms with Crippen LogP contribution in [0.15, 0.2) is 12.1 Å². The summed E-state index contributed by atoms with van der Waals surface area (Å²) in [5, 5.41) is 5.76. The van der Waals surface area contributed by atoms with Gasteiger partial charge in [0.2, 0.25) is 5.91 Å². The van der Waals surface area contributed by atoms with Crippen LogP contribution in [0.3, 0.4) is 0 Å². The Labute approximate surface area is 104 Å². The molecule has 0 aromatic carbocycles. The maximum absolute atomic E-state index is 11.2. The molecule has 5 heteroatoms. The minimum absolute atomic E-state index is 0.0327. The zero-order chi connectivity index (χ0) is 11.8.